The summed E-state index contributed by atoms with van der Waals surface area (Å²) in [5.41, 5.74) is 1.29. The summed E-state index contributed by atoms with van der Waals surface area (Å²) in [4.78, 5) is 13.2. The molecular formula is C20H19ClN2O2. The standard InChI is InChI=1S/C20H19ClN2O2/c1-25-17-8-9-18(14(12-17)13-22)23-19(24)20(10-2-3-11-20)15-4-6-16(21)7-5-15/h4-9,12H,2-3,10-11H2,1H3,(H,23,24). The van der Waals surface area contributed by atoms with Crippen LogP contribution in [0.25, 0.3) is 0 Å². The van der Waals surface area contributed by atoms with Crippen LogP contribution >= 0.6 is 11.6 Å². The van der Waals surface area contributed by atoms with Crippen molar-refractivity contribution in [2.24, 2.45) is 0 Å². The first-order valence-corrected chi connectivity index (χ1v) is 8.62. The summed E-state index contributed by atoms with van der Waals surface area (Å²) >= 11 is 5.99. The number of nitrogens with zero attached hydrogens (tertiary/aromatic N) is 1. The Morgan fingerprint density at radius 1 is 1.20 bits per heavy atom. The highest BCUT2D eigenvalue weighted by molar-refractivity contribution is 6.30. The van der Waals surface area contributed by atoms with E-state index in [1.807, 2.05) is 24.3 Å². The van der Waals surface area contributed by atoms with Crippen molar-refractivity contribution >= 4 is 23.2 Å². The van der Waals surface area contributed by atoms with Crippen molar-refractivity contribution < 1.29 is 9.53 Å². The van der Waals surface area contributed by atoms with Gasteiger partial charge in [-0.1, -0.05) is 36.6 Å². The quantitative estimate of drug-likeness (QED) is 0.867. The summed E-state index contributed by atoms with van der Waals surface area (Å²) in [5.74, 6) is 0.511. The predicted octanol–water partition coefficient (Wildman–Crippen LogP) is 4.67. The van der Waals surface area contributed by atoms with Gasteiger partial charge < -0.3 is 10.1 Å². The highest BCUT2D eigenvalue weighted by atomic mass is 35.5. The van der Waals surface area contributed by atoms with Crippen molar-refractivity contribution in [1.82, 2.24) is 0 Å². The van der Waals surface area contributed by atoms with Crippen molar-refractivity contribution in [3.8, 4) is 11.8 Å². The third-order valence-electron chi connectivity index (χ3n) is 4.88. The van der Waals surface area contributed by atoms with Crippen molar-refractivity contribution in [2.75, 3.05) is 12.4 Å². The summed E-state index contributed by atoms with van der Waals surface area (Å²) in [6, 6.07) is 14.7. The van der Waals surface area contributed by atoms with Crippen LogP contribution in [0.1, 0.15) is 36.8 Å². The number of anilines is 1. The number of rotatable bonds is 4. The second-order valence-electron chi connectivity index (χ2n) is 6.27. The van der Waals surface area contributed by atoms with Gasteiger partial charge in [-0.3, -0.25) is 4.79 Å². The molecule has 1 N–H and O–H groups in total. The maximum atomic E-state index is 13.2. The lowest BCUT2D eigenvalue weighted by molar-refractivity contribution is -0.121. The number of carbonyl (C=O) groups is 1. The van der Waals surface area contributed by atoms with Gasteiger partial charge >= 0.3 is 0 Å². The number of amides is 1. The number of hydrogen-bond acceptors (Lipinski definition) is 3. The number of hydrogen-bond donors (Lipinski definition) is 1. The van der Waals surface area contributed by atoms with Crippen LogP contribution in [0.4, 0.5) is 5.69 Å². The molecule has 128 valence electrons. The Hall–Kier alpha value is -2.51. The fourth-order valence-electron chi connectivity index (χ4n) is 3.49. The van der Waals surface area contributed by atoms with E-state index in [-0.39, 0.29) is 5.91 Å². The van der Waals surface area contributed by atoms with Gasteiger partial charge in [0.05, 0.1) is 23.8 Å². The van der Waals surface area contributed by atoms with Gasteiger partial charge in [-0.05, 0) is 48.7 Å². The fraction of sp³-hybridized carbons (Fsp3) is 0.300. The summed E-state index contributed by atoms with van der Waals surface area (Å²) in [6.45, 7) is 0. The van der Waals surface area contributed by atoms with Gasteiger partial charge in [-0.15, -0.1) is 0 Å². The Kier molecular flexibility index (Phi) is 4.96. The minimum atomic E-state index is -0.572. The molecule has 5 heteroatoms. The third-order valence-corrected chi connectivity index (χ3v) is 5.14. The molecule has 0 heterocycles. The van der Waals surface area contributed by atoms with Crippen LogP contribution in [0.15, 0.2) is 42.5 Å². The van der Waals surface area contributed by atoms with E-state index in [2.05, 4.69) is 11.4 Å². The smallest absolute Gasteiger partial charge is 0.235 e. The summed E-state index contributed by atoms with van der Waals surface area (Å²) in [5, 5.41) is 13.0. The molecule has 0 saturated heterocycles. The fourth-order valence-corrected chi connectivity index (χ4v) is 3.61. The molecule has 25 heavy (non-hydrogen) atoms. The largest absolute Gasteiger partial charge is 0.497 e. The molecule has 0 unspecified atom stereocenters. The molecule has 1 saturated carbocycles. The Morgan fingerprint density at radius 3 is 2.48 bits per heavy atom. The van der Waals surface area contributed by atoms with Crippen molar-refractivity contribution in [2.45, 2.75) is 31.1 Å². The Morgan fingerprint density at radius 2 is 1.88 bits per heavy atom. The SMILES string of the molecule is COc1ccc(NC(=O)C2(c3ccc(Cl)cc3)CCCC2)c(C#N)c1. The van der Waals surface area contributed by atoms with E-state index >= 15 is 0 Å². The normalized spacial score (nSPS) is 15.4. The minimum absolute atomic E-state index is 0.0750. The molecule has 2 aromatic rings. The van der Waals surface area contributed by atoms with Gasteiger partial charge in [0.2, 0.25) is 5.91 Å². The van der Waals surface area contributed by atoms with Crippen LogP contribution in [0.3, 0.4) is 0 Å². The molecule has 0 spiro atoms. The van der Waals surface area contributed by atoms with E-state index < -0.39 is 5.41 Å². The second kappa shape index (κ2) is 7.16. The molecule has 1 amide bonds. The molecule has 1 fully saturated rings. The number of nitriles is 1. The monoisotopic (exact) mass is 354 g/mol. The van der Waals surface area contributed by atoms with Crippen LogP contribution in [-0.2, 0) is 10.2 Å². The van der Waals surface area contributed by atoms with Crippen LogP contribution in [0, 0.1) is 11.3 Å². The van der Waals surface area contributed by atoms with Crippen LogP contribution in [-0.4, -0.2) is 13.0 Å². The molecule has 4 nitrogen and oxygen atoms in total. The minimum Gasteiger partial charge on any atom is -0.497 e. The molecule has 0 aliphatic heterocycles. The Bertz CT molecular complexity index is 819. The van der Waals surface area contributed by atoms with Gasteiger partial charge in [0.25, 0.3) is 0 Å². The molecule has 0 atom stereocenters. The lowest BCUT2D eigenvalue weighted by Crippen LogP contribution is -2.38. The maximum absolute atomic E-state index is 13.2. The van der Waals surface area contributed by atoms with E-state index in [4.69, 9.17) is 16.3 Å². The molecule has 1 aliphatic rings. The first-order valence-electron chi connectivity index (χ1n) is 8.25. The van der Waals surface area contributed by atoms with Crippen molar-refractivity contribution in [3.63, 3.8) is 0 Å². The second-order valence-corrected chi connectivity index (χ2v) is 6.71. The van der Waals surface area contributed by atoms with Crippen LogP contribution in [0.2, 0.25) is 5.02 Å². The lowest BCUT2D eigenvalue weighted by Gasteiger charge is -2.28. The number of benzene rings is 2. The van der Waals surface area contributed by atoms with Crippen molar-refractivity contribution in [3.05, 3.63) is 58.6 Å². The van der Waals surface area contributed by atoms with E-state index in [9.17, 15) is 10.1 Å². The molecular weight excluding hydrogens is 336 g/mol. The summed E-state index contributed by atoms with van der Waals surface area (Å²) in [7, 11) is 1.54. The topological polar surface area (TPSA) is 62.1 Å². The van der Waals surface area contributed by atoms with E-state index in [1.54, 1.807) is 25.3 Å². The Balaban J connectivity index is 1.93. The van der Waals surface area contributed by atoms with Gasteiger partial charge in [0, 0.05) is 5.02 Å². The molecule has 2 aromatic carbocycles. The number of methoxy groups -OCH3 is 1. The maximum Gasteiger partial charge on any atom is 0.235 e. The van der Waals surface area contributed by atoms with Gasteiger partial charge in [-0.2, -0.15) is 5.26 Å². The number of nitrogens with one attached hydrogen (secondary N) is 1. The number of halogens is 1. The average molecular weight is 355 g/mol. The lowest BCUT2D eigenvalue weighted by atomic mass is 9.78. The predicted molar refractivity (Wildman–Crippen MR) is 97.9 cm³/mol. The van der Waals surface area contributed by atoms with Gasteiger partial charge in [-0.25, -0.2) is 0 Å². The first-order chi connectivity index (χ1) is 12.1. The highest BCUT2D eigenvalue weighted by Gasteiger charge is 2.42. The zero-order valence-corrected chi connectivity index (χ0v) is 14.8. The van der Waals surface area contributed by atoms with Gasteiger partial charge in [0.15, 0.2) is 0 Å². The first kappa shape index (κ1) is 17.3. The van der Waals surface area contributed by atoms with E-state index in [0.29, 0.717) is 22.0 Å². The number of carbonyl (C=O) groups excluding carboxylic acids is 1. The zero-order valence-electron chi connectivity index (χ0n) is 14.0. The summed E-state index contributed by atoms with van der Waals surface area (Å²) < 4.78 is 5.14. The average Bonchev–Trinajstić information content (AvgIpc) is 3.13. The van der Waals surface area contributed by atoms with Gasteiger partial charge in [0.1, 0.15) is 11.8 Å². The van der Waals surface area contributed by atoms with Crippen LogP contribution < -0.4 is 10.1 Å². The highest BCUT2D eigenvalue weighted by Crippen LogP contribution is 2.42. The zero-order chi connectivity index (χ0) is 17.9. The van der Waals surface area contributed by atoms with Crippen molar-refractivity contribution in [1.29, 1.82) is 5.26 Å². The molecule has 1 aliphatic carbocycles. The van der Waals surface area contributed by atoms with E-state index in [0.717, 1.165) is 31.2 Å². The molecule has 3 rings (SSSR count). The molecule has 0 radical (unpaired) electrons. The Labute approximate surface area is 152 Å². The third kappa shape index (κ3) is 3.33. The summed E-state index contributed by atoms with van der Waals surface area (Å²) in [6.07, 6.45) is 3.59. The van der Waals surface area contributed by atoms with E-state index in [1.165, 1.54) is 0 Å². The van der Waals surface area contributed by atoms with Crippen LogP contribution in [0.5, 0.6) is 5.75 Å². The molecule has 0 bridgehead atoms. The number of ether oxygens (including phenoxy) is 1. The molecule has 0 aromatic heterocycles.